The first-order valence-electron chi connectivity index (χ1n) is 5.03. The Morgan fingerprint density at radius 1 is 1.11 bits per heavy atom. The highest BCUT2D eigenvalue weighted by Gasteiger charge is 2.30. The van der Waals surface area contributed by atoms with Gasteiger partial charge in [-0.2, -0.15) is 0 Å². The van der Waals surface area contributed by atoms with Crippen LogP contribution in [0.3, 0.4) is 0 Å². The van der Waals surface area contributed by atoms with Crippen molar-refractivity contribution in [3.63, 3.8) is 0 Å². The van der Waals surface area contributed by atoms with E-state index in [1.54, 1.807) is 0 Å². The molecule has 1 aromatic heterocycles. The molecule has 0 aliphatic heterocycles. The Balaban J connectivity index is 2.25. The van der Waals surface area contributed by atoms with Gasteiger partial charge in [0, 0.05) is 0 Å². The molecule has 7 heteroatoms. The Kier molecular flexibility index (Phi) is 3.33. The van der Waals surface area contributed by atoms with E-state index in [2.05, 4.69) is 19.5 Å². The van der Waals surface area contributed by atoms with E-state index in [0.717, 1.165) is 0 Å². The summed E-state index contributed by atoms with van der Waals surface area (Å²) in [5.74, 6) is -0.142. The molecule has 0 amide bonds. The average molecular weight is 265 g/mol. The second-order valence-electron chi connectivity index (χ2n) is 3.45. The highest BCUT2D eigenvalue weighted by atomic mass is 19.4. The minimum absolute atomic E-state index is 0.167. The third-order valence-corrected chi connectivity index (χ3v) is 2.15. The fourth-order valence-electron chi connectivity index (χ4n) is 1.39. The van der Waals surface area contributed by atoms with Crippen molar-refractivity contribution in [3.8, 4) is 17.0 Å². The van der Waals surface area contributed by atoms with Gasteiger partial charge < -0.3 is 9.58 Å². The van der Waals surface area contributed by atoms with Crippen LogP contribution in [0, 0.1) is 6.57 Å². The predicted molar refractivity (Wildman–Crippen MR) is 60.4 cm³/mol. The second-order valence-corrected chi connectivity index (χ2v) is 3.45. The van der Waals surface area contributed by atoms with Gasteiger partial charge in [-0.25, -0.2) is 4.98 Å². The van der Waals surface area contributed by atoms with Crippen molar-refractivity contribution >= 4 is 5.82 Å². The summed E-state index contributed by atoms with van der Waals surface area (Å²) < 4.78 is 39.7. The van der Waals surface area contributed by atoms with Gasteiger partial charge >= 0.3 is 6.36 Å². The van der Waals surface area contributed by atoms with Gasteiger partial charge in [-0.05, 0) is 35.9 Å². The molecule has 0 aliphatic carbocycles. The monoisotopic (exact) mass is 265 g/mol. The van der Waals surface area contributed by atoms with Crippen LogP contribution in [0.15, 0.2) is 36.7 Å². The van der Waals surface area contributed by atoms with Crippen molar-refractivity contribution in [1.82, 2.24) is 9.97 Å². The van der Waals surface area contributed by atoms with Crippen molar-refractivity contribution < 1.29 is 17.9 Å². The lowest BCUT2D eigenvalue weighted by molar-refractivity contribution is -0.274. The summed E-state index contributed by atoms with van der Waals surface area (Å²) in [7, 11) is 0. The lowest BCUT2D eigenvalue weighted by atomic mass is 10.1. The number of hydrogen-bond donors (Lipinski definition) is 0. The standard InChI is InChI=1S/C12H6F3N3O/c1-16-11-6-10(17-7-18-11)8-2-4-9(5-3-8)19-12(13,14)15/h2-7H. The molecule has 96 valence electrons. The smallest absolute Gasteiger partial charge is 0.406 e. The minimum atomic E-state index is -4.71. The van der Waals surface area contributed by atoms with Crippen molar-refractivity contribution in [3.05, 3.63) is 48.1 Å². The predicted octanol–water partition coefficient (Wildman–Crippen LogP) is 3.59. The van der Waals surface area contributed by atoms with Crippen LogP contribution in [0.1, 0.15) is 0 Å². The molecule has 0 fully saturated rings. The van der Waals surface area contributed by atoms with Crippen LogP contribution >= 0.6 is 0 Å². The van der Waals surface area contributed by atoms with E-state index in [1.807, 2.05) is 0 Å². The third kappa shape index (κ3) is 3.42. The zero-order valence-corrected chi connectivity index (χ0v) is 9.35. The first kappa shape index (κ1) is 12.8. The maximum atomic E-state index is 12.0. The molecule has 0 radical (unpaired) electrons. The number of benzene rings is 1. The maximum Gasteiger partial charge on any atom is 0.573 e. The molecular weight excluding hydrogens is 259 g/mol. The molecule has 2 aromatic rings. The summed E-state index contributed by atoms with van der Waals surface area (Å²) in [6.07, 6.45) is -3.49. The van der Waals surface area contributed by atoms with E-state index < -0.39 is 6.36 Å². The number of nitrogens with zero attached hydrogens (tertiary/aromatic N) is 3. The molecule has 0 saturated heterocycles. The average Bonchev–Trinajstić information content (AvgIpc) is 2.38. The summed E-state index contributed by atoms with van der Waals surface area (Å²) in [6.45, 7) is 6.83. The quantitative estimate of drug-likeness (QED) is 0.779. The van der Waals surface area contributed by atoms with Gasteiger partial charge in [0.1, 0.15) is 5.75 Å². The molecule has 0 saturated carbocycles. The third-order valence-electron chi connectivity index (χ3n) is 2.15. The van der Waals surface area contributed by atoms with E-state index >= 15 is 0 Å². The Bertz CT molecular complexity index is 617. The molecule has 0 N–H and O–H groups in total. The number of rotatable bonds is 2. The number of hydrogen-bond acceptors (Lipinski definition) is 3. The Hall–Kier alpha value is -2.62. The Morgan fingerprint density at radius 2 is 1.79 bits per heavy atom. The van der Waals surface area contributed by atoms with E-state index in [9.17, 15) is 13.2 Å². The van der Waals surface area contributed by atoms with E-state index in [-0.39, 0.29) is 11.6 Å². The minimum Gasteiger partial charge on any atom is -0.406 e. The van der Waals surface area contributed by atoms with Gasteiger partial charge in [-0.1, -0.05) is 6.57 Å². The van der Waals surface area contributed by atoms with Gasteiger partial charge in [0.15, 0.2) is 0 Å². The molecular formula is C12H6F3N3O. The van der Waals surface area contributed by atoms with Crippen LogP contribution in [0.2, 0.25) is 0 Å². The summed E-state index contributed by atoms with van der Waals surface area (Å²) >= 11 is 0. The Labute approximate surface area is 106 Å². The van der Waals surface area contributed by atoms with Crippen molar-refractivity contribution in [2.45, 2.75) is 6.36 Å². The molecule has 19 heavy (non-hydrogen) atoms. The Morgan fingerprint density at radius 3 is 2.37 bits per heavy atom. The molecule has 0 spiro atoms. The SMILES string of the molecule is [C-]#[N+]c1cc(-c2ccc(OC(F)(F)F)cc2)ncn1. The van der Waals surface area contributed by atoms with Crippen LogP contribution in [-0.2, 0) is 0 Å². The molecule has 1 aromatic carbocycles. The summed E-state index contributed by atoms with van der Waals surface area (Å²) in [4.78, 5) is 10.8. The summed E-state index contributed by atoms with van der Waals surface area (Å²) in [5, 5.41) is 0. The highest BCUT2D eigenvalue weighted by molar-refractivity contribution is 5.63. The largest absolute Gasteiger partial charge is 0.573 e. The molecule has 4 nitrogen and oxygen atoms in total. The van der Waals surface area contributed by atoms with Crippen LogP contribution in [0.25, 0.3) is 16.1 Å². The molecule has 0 unspecified atom stereocenters. The van der Waals surface area contributed by atoms with Gasteiger partial charge in [0.2, 0.25) is 6.33 Å². The second kappa shape index (κ2) is 4.94. The van der Waals surface area contributed by atoms with Gasteiger partial charge in [0.25, 0.3) is 5.82 Å². The fourth-order valence-corrected chi connectivity index (χ4v) is 1.39. The molecule has 1 heterocycles. The van der Waals surface area contributed by atoms with Crippen LogP contribution in [0.5, 0.6) is 5.75 Å². The van der Waals surface area contributed by atoms with E-state index in [0.29, 0.717) is 11.3 Å². The lowest BCUT2D eigenvalue weighted by Gasteiger charge is -2.09. The maximum absolute atomic E-state index is 12.0. The molecule has 0 atom stereocenters. The summed E-state index contributed by atoms with van der Waals surface area (Å²) in [6, 6.07) is 6.67. The summed E-state index contributed by atoms with van der Waals surface area (Å²) in [5.41, 5.74) is 1.03. The van der Waals surface area contributed by atoms with Crippen molar-refractivity contribution in [1.29, 1.82) is 0 Å². The lowest BCUT2D eigenvalue weighted by Crippen LogP contribution is -2.16. The number of aromatic nitrogens is 2. The zero-order chi connectivity index (χ0) is 13.9. The topological polar surface area (TPSA) is 39.4 Å². The van der Waals surface area contributed by atoms with Crippen LogP contribution in [0.4, 0.5) is 19.0 Å². The van der Waals surface area contributed by atoms with Gasteiger partial charge in [-0.15, -0.1) is 18.2 Å². The molecule has 0 aliphatic rings. The van der Waals surface area contributed by atoms with Crippen molar-refractivity contribution in [2.75, 3.05) is 0 Å². The van der Waals surface area contributed by atoms with E-state index in [4.69, 9.17) is 6.57 Å². The van der Waals surface area contributed by atoms with E-state index in [1.165, 1.54) is 36.7 Å². The van der Waals surface area contributed by atoms with Crippen LogP contribution < -0.4 is 4.74 Å². The van der Waals surface area contributed by atoms with Gasteiger partial charge in [0.05, 0.1) is 5.69 Å². The van der Waals surface area contributed by atoms with Crippen LogP contribution in [-0.4, -0.2) is 16.3 Å². The fraction of sp³-hybridized carbons (Fsp3) is 0.0833. The first-order valence-corrected chi connectivity index (χ1v) is 5.03. The molecule has 0 bridgehead atoms. The normalized spacial score (nSPS) is 10.8. The molecule has 2 rings (SSSR count). The number of ether oxygens (including phenoxy) is 1. The number of halogens is 3. The van der Waals surface area contributed by atoms with Gasteiger partial charge in [-0.3, -0.25) is 0 Å². The first-order chi connectivity index (χ1) is 8.98. The van der Waals surface area contributed by atoms with Crippen molar-refractivity contribution in [2.24, 2.45) is 0 Å². The highest BCUT2D eigenvalue weighted by Crippen LogP contribution is 2.26. The number of alkyl halides is 3. The zero-order valence-electron chi connectivity index (χ0n) is 9.35.